The van der Waals surface area contributed by atoms with Gasteiger partial charge in [-0.15, -0.1) is 0 Å². The number of halogens is 3. The molecule has 0 aromatic heterocycles. The van der Waals surface area contributed by atoms with E-state index < -0.39 is 6.43 Å². The third-order valence-corrected chi connectivity index (χ3v) is 7.99. The van der Waals surface area contributed by atoms with E-state index in [4.69, 9.17) is 0 Å². The van der Waals surface area contributed by atoms with E-state index in [1.54, 1.807) is 5.57 Å². The number of alkyl halides is 2. The number of hydrogen-bond acceptors (Lipinski definition) is 1. The van der Waals surface area contributed by atoms with Crippen molar-refractivity contribution in [1.29, 1.82) is 0 Å². The minimum Gasteiger partial charge on any atom is -0.303 e. The van der Waals surface area contributed by atoms with E-state index in [9.17, 15) is 8.78 Å². The molecule has 3 rings (SSSR count). The Morgan fingerprint density at radius 3 is 2.58 bits per heavy atom. The van der Waals surface area contributed by atoms with Crippen molar-refractivity contribution in [3.63, 3.8) is 0 Å². The summed E-state index contributed by atoms with van der Waals surface area (Å²) >= 11 is 3.59. The third kappa shape index (κ3) is 3.60. The Hall–Kier alpha value is 0.0400. The number of rotatable bonds is 4. The first-order chi connectivity index (χ1) is 11.5. The molecule has 0 N–H and O–H groups in total. The topological polar surface area (TPSA) is 3.24 Å². The van der Waals surface area contributed by atoms with Gasteiger partial charge in [0.25, 0.3) is 0 Å². The number of nitrogens with zero attached hydrogens (tertiary/aromatic N) is 1. The summed E-state index contributed by atoms with van der Waals surface area (Å²) in [6.45, 7) is 7.74. The highest BCUT2D eigenvalue weighted by Gasteiger charge is 2.50. The molecule has 2 saturated carbocycles. The van der Waals surface area contributed by atoms with Crippen molar-refractivity contribution in [2.75, 3.05) is 19.6 Å². The molecule has 3 aliphatic rings. The van der Waals surface area contributed by atoms with Crippen LogP contribution in [-0.2, 0) is 0 Å². The molecular formula is C20H32BrF2N. The second-order valence-electron chi connectivity index (χ2n) is 8.73. The quantitative estimate of drug-likeness (QED) is 0.548. The highest BCUT2D eigenvalue weighted by atomic mass is 79.9. The molecule has 4 atom stereocenters. The van der Waals surface area contributed by atoms with Gasteiger partial charge in [-0.3, -0.25) is 0 Å². The van der Waals surface area contributed by atoms with E-state index in [-0.39, 0.29) is 5.92 Å². The monoisotopic (exact) mass is 403 g/mol. The molecule has 0 aromatic carbocycles. The molecule has 0 spiro atoms. The molecule has 2 aliphatic carbocycles. The number of fused-ring (bicyclic) bond motifs is 1. The molecule has 4 heteroatoms. The van der Waals surface area contributed by atoms with Crippen molar-refractivity contribution in [3.8, 4) is 0 Å². The van der Waals surface area contributed by atoms with E-state index in [0.29, 0.717) is 24.2 Å². The molecule has 0 bridgehead atoms. The summed E-state index contributed by atoms with van der Waals surface area (Å²) in [6.07, 6.45) is 5.80. The Kier molecular flexibility index (Phi) is 6.07. The molecule has 1 saturated heterocycles. The van der Waals surface area contributed by atoms with Gasteiger partial charge in [0.15, 0.2) is 0 Å². The summed E-state index contributed by atoms with van der Waals surface area (Å²) in [5, 5.41) is 0. The minimum atomic E-state index is -2.13. The first kappa shape index (κ1) is 18.8. The van der Waals surface area contributed by atoms with Crippen molar-refractivity contribution in [2.24, 2.45) is 29.1 Å². The van der Waals surface area contributed by atoms with Crippen LogP contribution in [0.25, 0.3) is 0 Å². The summed E-state index contributed by atoms with van der Waals surface area (Å²) in [6, 6.07) is 0. The average Bonchev–Trinajstić information content (AvgIpc) is 2.92. The van der Waals surface area contributed by atoms with Gasteiger partial charge in [0.1, 0.15) is 0 Å². The second kappa shape index (κ2) is 7.73. The normalized spacial score (nSPS) is 38.7. The lowest BCUT2D eigenvalue weighted by atomic mass is 9.61. The zero-order valence-electron chi connectivity index (χ0n) is 15.1. The zero-order chi connectivity index (χ0) is 17.3. The SMILES string of the molecule is C[C@H](CN1CCC(C(F)F)CC1)[C@H]1CC[C@H]2/C(=C/Br)CCC[C@]12C. The summed E-state index contributed by atoms with van der Waals surface area (Å²) in [5.74, 6) is 1.83. The van der Waals surface area contributed by atoms with Crippen LogP contribution in [0, 0.1) is 29.1 Å². The first-order valence-electron chi connectivity index (χ1n) is 9.75. The molecule has 1 nitrogen and oxygen atoms in total. The van der Waals surface area contributed by atoms with E-state index in [2.05, 4.69) is 39.7 Å². The standard InChI is InChI=1S/C20H32BrF2N/c1-14(13-24-10-7-15(8-11-24)19(22)23)17-5-6-18-16(12-21)4-3-9-20(17,18)2/h12,14-15,17-19H,3-11,13H2,1-2H3/b16-12+/t14-,17-,18+,20-/m1/s1. The Labute approximate surface area is 154 Å². The van der Waals surface area contributed by atoms with Crippen molar-refractivity contribution < 1.29 is 8.78 Å². The van der Waals surface area contributed by atoms with Gasteiger partial charge in [-0.05, 0) is 86.2 Å². The summed E-state index contributed by atoms with van der Waals surface area (Å²) in [4.78, 5) is 4.64. The first-order valence-corrected chi connectivity index (χ1v) is 10.7. The second-order valence-corrected chi connectivity index (χ2v) is 9.19. The number of piperidine rings is 1. The van der Waals surface area contributed by atoms with E-state index in [0.717, 1.165) is 31.5 Å². The highest BCUT2D eigenvalue weighted by molar-refractivity contribution is 9.11. The van der Waals surface area contributed by atoms with Crippen molar-refractivity contribution in [1.82, 2.24) is 4.90 Å². The predicted molar refractivity (Wildman–Crippen MR) is 99.5 cm³/mol. The fourth-order valence-electron chi connectivity index (χ4n) is 6.07. The summed E-state index contributed by atoms with van der Waals surface area (Å²) < 4.78 is 25.7. The molecule has 3 fully saturated rings. The Morgan fingerprint density at radius 1 is 1.25 bits per heavy atom. The molecule has 138 valence electrons. The van der Waals surface area contributed by atoms with Crippen LogP contribution in [-0.4, -0.2) is 31.0 Å². The van der Waals surface area contributed by atoms with Gasteiger partial charge < -0.3 is 4.90 Å². The molecule has 1 aliphatic heterocycles. The van der Waals surface area contributed by atoms with Crippen LogP contribution < -0.4 is 0 Å². The van der Waals surface area contributed by atoms with Gasteiger partial charge in [0, 0.05) is 12.5 Å². The Balaban J connectivity index is 1.59. The lowest BCUT2D eigenvalue weighted by Crippen LogP contribution is -2.42. The fraction of sp³-hybridized carbons (Fsp3) is 0.900. The Morgan fingerprint density at radius 2 is 1.96 bits per heavy atom. The van der Waals surface area contributed by atoms with Crippen LogP contribution in [0.2, 0.25) is 0 Å². The lowest BCUT2D eigenvalue weighted by molar-refractivity contribution is 0.0228. The molecular weight excluding hydrogens is 372 g/mol. The number of hydrogen-bond donors (Lipinski definition) is 0. The van der Waals surface area contributed by atoms with Gasteiger partial charge in [0.05, 0.1) is 0 Å². The Bertz CT molecular complexity index is 459. The van der Waals surface area contributed by atoms with E-state index in [1.165, 1.54) is 32.1 Å². The lowest BCUT2D eigenvalue weighted by Gasteiger charge is -2.45. The van der Waals surface area contributed by atoms with Crippen LogP contribution >= 0.6 is 15.9 Å². The van der Waals surface area contributed by atoms with Crippen molar-refractivity contribution >= 4 is 15.9 Å². The van der Waals surface area contributed by atoms with Crippen LogP contribution in [0.15, 0.2) is 10.6 Å². The van der Waals surface area contributed by atoms with Crippen LogP contribution in [0.5, 0.6) is 0 Å². The van der Waals surface area contributed by atoms with Gasteiger partial charge in [-0.2, -0.15) is 0 Å². The average molecular weight is 404 g/mol. The zero-order valence-corrected chi connectivity index (χ0v) is 16.7. The highest BCUT2D eigenvalue weighted by Crippen LogP contribution is 2.59. The smallest absolute Gasteiger partial charge is 0.241 e. The summed E-state index contributed by atoms with van der Waals surface area (Å²) in [7, 11) is 0. The number of likely N-dealkylation sites (tertiary alicyclic amines) is 1. The van der Waals surface area contributed by atoms with Crippen LogP contribution in [0.3, 0.4) is 0 Å². The van der Waals surface area contributed by atoms with Crippen LogP contribution in [0.1, 0.15) is 58.8 Å². The van der Waals surface area contributed by atoms with Gasteiger partial charge in [-0.25, -0.2) is 8.78 Å². The summed E-state index contributed by atoms with van der Waals surface area (Å²) in [5.41, 5.74) is 2.06. The van der Waals surface area contributed by atoms with Gasteiger partial charge in [0.2, 0.25) is 6.43 Å². The van der Waals surface area contributed by atoms with Gasteiger partial charge in [-0.1, -0.05) is 35.4 Å². The third-order valence-electron chi connectivity index (χ3n) is 7.40. The fourth-order valence-corrected chi connectivity index (χ4v) is 6.62. The van der Waals surface area contributed by atoms with Gasteiger partial charge >= 0.3 is 0 Å². The molecule has 0 unspecified atom stereocenters. The van der Waals surface area contributed by atoms with E-state index >= 15 is 0 Å². The minimum absolute atomic E-state index is 0.366. The maximum atomic E-state index is 12.8. The number of allylic oxidation sites excluding steroid dienone is 1. The van der Waals surface area contributed by atoms with Crippen LogP contribution in [0.4, 0.5) is 8.78 Å². The largest absolute Gasteiger partial charge is 0.303 e. The van der Waals surface area contributed by atoms with Crippen molar-refractivity contribution in [3.05, 3.63) is 10.6 Å². The maximum absolute atomic E-state index is 12.8. The predicted octanol–water partition coefficient (Wildman–Crippen LogP) is 6.09. The molecule has 24 heavy (non-hydrogen) atoms. The van der Waals surface area contributed by atoms with Crippen molar-refractivity contribution in [2.45, 2.75) is 65.2 Å². The molecule has 1 heterocycles. The maximum Gasteiger partial charge on any atom is 0.241 e. The van der Waals surface area contributed by atoms with E-state index in [1.807, 2.05) is 0 Å². The molecule has 0 amide bonds. The molecule has 0 radical (unpaired) electrons. The molecule has 0 aromatic rings.